The van der Waals surface area contributed by atoms with Crippen molar-refractivity contribution < 1.29 is 18.0 Å². The van der Waals surface area contributed by atoms with Crippen LogP contribution in [0.25, 0.3) is 5.65 Å². The fourth-order valence-corrected chi connectivity index (χ4v) is 4.51. The lowest BCUT2D eigenvalue weighted by atomic mass is 10.1. The molecule has 1 aromatic carbocycles. The summed E-state index contributed by atoms with van der Waals surface area (Å²) in [5.41, 5.74) is 0.539. The van der Waals surface area contributed by atoms with Gasteiger partial charge in [0.15, 0.2) is 4.34 Å². The molecule has 3 heterocycles. The van der Waals surface area contributed by atoms with Gasteiger partial charge in [-0.05, 0) is 36.8 Å². The molecule has 33 heavy (non-hydrogen) atoms. The van der Waals surface area contributed by atoms with Crippen LogP contribution in [0.4, 0.5) is 28.8 Å². The molecule has 3 aromatic heterocycles. The molecule has 0 atom stereocenters. The molecule has 4 aromatic rings. The molecule has 0 bridgehead atoms. The Bertz CT molecular complexity index is 1390. The fraction of sp³-hybridized carbons (Fsp3) is 0.150. The molecule has 0 fully saturated rings. The maximum atomic E-state index is 13.1. The molecule has 0 aliphatic carbocycles. The van der Waals surface area contributed by atoms with Crippen LogP contribution in [0, 0.1) is 6.92 Å². The summed E-state index contributed by atoms with van der Waals surface area (Å²) < 4.78 is 41.1. The Kier molecular flexibility index (Phi) is 6.33. The van der Waals surface area contributed by atoms with Gasteiger partial charge >= 0.3 is 12.2 Å². The standard InChI is InChI=1S/C20H15F3N6O2S2/c1-11-6-7-29-15(8-11)24-12(9-16(29)30)10-32-19-28-27-18(33-19)26-17(31)25-14-5-3-2-4-13(14)20(21,22)23/h2-9H,10H2,1H3,(H2,25,26,27,31). The Morgan fingerprint density at radius 2 is 1.94 bits per heavy atom. The highest BCUT2D eigenvalue weighted by molar-refractivity contribution is 8.00. The minimum Gasteiger partial charge on any atom is -0.307 e. The summed E-state index contributed by atoms with van der Waals surface area (Å²) in [5, 5.41) is 12.4. The van der Waals surface area contributed by atoms with Crippen molar-refractivity contribution in [2.45, 2.75) is 23.2 Å². The number of rotatable bonds is 5. The van der Waals surface area contributed by atoms with E-state index in [0.29, 0.717) is 21.4 Å². The van der Waals surface area contributed by atoms with Crippen molar-refractivity contribution in [2.75, 3.05) is 10.6 Å². The highest BCUT2D eigenvalue weighted by atomic mass is 32.2. The molecule has 0 aliphatic heterocycles. The molecule has 0 aliphatic rings. The highest BCUT2D eigenvalue weighted by Gasteiger charge is 2.33. The number of fused-ring (bicyclic) bond motifs is 1. The van der Waals surface area contributed by atoms with E-state index in [4.69, 9.17) is 0 Å². The van der Waals surface area contributed by atoms with Crippen LogP contribution in [-0.4, -0.2) is 25.6 Å². The summed E-state index contributed by atoms with van der Waals surface area (Å²) in [7, 11) is 0. The summed E-state index contributed by atoms with van der Waals surface area (Å²) in [6, 6.07) is 8.84. The highest BCUT2D eigenvalue weighted by Crippen LogP contribution is 2.34. The molecule has 170 valence electrons. The van der Waals surface area contributed by atoms with Gasteiger partial charge in [0.2, 0.25) is 5.13 Å². The van der Waals surface area contributed by atoms with Crippen molar-refractivity contribution in [1.29, 1.82) is 0 Å². The number of nitrogens with zero attached hydrogens (tertiary/aromatic N) is 4. The number of pyridine rings is 1. The third-order valence-corrected chi connectivity index (χ3v) is 6.33. The predicted octanol–water partition coefficient (Wildman–Crippen LogP) is 4.81. The number of hydrogen-bond acceptors (Lipinski definition) is 7. The Labute approximate surface area is 192 Å². The number of aromatic nitrogens is 4. The van der Waals surface area contributed by atoms with Gasteiger partial charge in [-0.1, -0.05) is 35.2 Å². The normalized spacial score (nSPS) is 11.5. The number of benzene rings is 1. The molecule has 2 amide bonds. The Morgan fingerprint density at radius 1 is 1.15 bits per heavy atom. The molecule has 0 saturated heterocycles. The van der Waals surface area contributed by atoms with Crippen molar-refractivity contribution in [3.05, 3.63) is 75.8 Å². The Balaban J connectivity index is 1.39. The average molecular weight is 493 g/mol. The molecule has 0 saturated carbocycles. The van der Waals surface area contributed by atoms with E-state index in [2.05, 4.69) is 25.8 Å². The first-order chi connectivity index (χ1) is 15.7. The van der Waals surface area contributed by atoms with Crippen molar-refractivity contribution in [1.82, 2.24) is 19.6 Å². The lowest BCUT2D eigenvalue weighted by Crippen LogP contribution is -2.21. The third-order valence-electron chi connectivity index (χ3n) is 4.33. The summed E-state index contributed by atoms with van der Waals surface area (Å²) >= 11 is 2.31. The molecule has 0 unspecified atom stereocenters. The number of urea groups is 1. The number of hydrogen-bond donors (Lipinski definition) is 2. The smallest absolute Gasteiger partial charge is 0.307 e. The lowest BCUT2D eigenvalue weighted by molar-refractivity contribution is -0.136. The second-order valence-electron chi connectivity index (χ2n) is 6.80. The first-order valence-electron chi connectivity index (χ1n) is 9.38. The van der Waals surface area contributed by atoms with Gasteiger partial charge in [-0.3, -0.25) is 14.5 Å². The predicted molar refractivity (Wildman–Crippen MR) is 120 cm³/mol. The van der Waals surface area contributed by atoms with Crippen LogP contribution in [0.3, 0.4) is 0 Å². The quantitative estimate of drug-likeness (QED) is 0.306. The van der Waals surface area contributed by atoms with Crippen molar-refractivity contribution in [3.63, 3.8) is 0 Å². The van der Waals surface area contributed by atoms with Gasteiger partial charge in [-0.2, -0.15) is 13.2 Å². The summed E-state index contributed by atoms with van der Waals surface area (Å²) in [4.78, 5) is 28.9. The van der Waals surface area contributed by atoms with E-state index in [1.165, 1.54) is 34.4 Å². The Hall–Kier alpha value is -3.45. The van der Waals surface area contributed by atoms with E-state index < -0.39 is 17.8 Å². The first-order valence-corrected chi connectivity index (χ1v) is 11.2. The molecule has 13 heteroatoms. The lowest BCUT2D eigenvalue weighted by Gasteiger charge is -2.13. The zero-order valence-corrected chi connectivity index (χ0v) is 18.5. The Morgan fingerprint density at radius 3 is 2.73 bits per heavy atom. The summed E-state index contributed by atoms with van der Waals surface area (Å²) in [5.74, 6) is 0.347. The zero-order valence-electron chi connectivity index (χ0n) is 16.9. The number of alkyl halides is 3. The number of amides is 2. The number of anilines is 2. The van der Waals surface area contributed by atoms with Gasteiger partial charge in [-0.15, -0.1) is 10.2 Å². The van der Waals surface area contributed by atoms with Gasteiger partial charge in [0, 0.05) is 18.0 Å². The van der Waals surface area contributed by atoms with E-state index in [1.807, 2.05) is 13.0 Å². The molecular weight excluding hydrogens is 477 g/mol. The van der Waals surface area contributed by atoms with Crippen molar-refractivity contribution in [3.8, 4) is 0 Å². The van der Waals surface area contributed by atoms with Crippen LogP contribution < -0.4 is 16.2 Å². The van der Waals surface area contributed by atoms with Crippen LogP contribution in [0.5, 0.6) is 0 Å². The van der Waals surface area contributed by atoms with Crippen LogP contribution >= 0.6 is 23.1 Å². The topological polar surface area (TPSA) is 101 Å². The maximum Gasteiger partial charge on any atom is 0.418 e. The summed E-state index contributed by atoms with van der Waals surface area (Å²) in [6.45, 7) is 1.90. The van der Waals surface area contributed by atoms with Gasteiger partial charge in [0.05, 0.1) is 16.9 Å². The van der Waals surface area contributed by atoms with Gasteiger partial charge in [0.1, 0.15) is 5.65 Å². The zero-order chi connectivity index (χ0) is 23.6. The number of carbonyl (C=O) groups excluding carboxylic acids is 1. The number of halogens is 3. The number of carbonyl (C=O) groups is 1. The number of nitrogens with one attached hydrogen (secondary N) is 2. The summed E-state index contributed by atoms with van der Waals surface area (Å²) in [6.07, 6.45) is -2.94. The van der Waals surface area contributed by atoms with Crippen LogP contribution in [-0.2, 0) is 11.9 Å². The molecule has 4 rings (SSSR count). The second-order valence-corrected chi connectivity index (χ2v) is 9.00. The van der Waals surface area contributed by atoms with Crippen LogP contribution in [0.2, 0.25) is 0 Å². The van der Waals surface area contributed by atoms with Crippen molar-refractivity contribution >= 4 is 45.6 Å². The minimum atomic E-state index is -4.60. The molecule has 8 nitrogen and oxygen atoms in total. The van der Waals surface area contributed by atoms with E-state index in [0.717, 1.165) is 29.0 Å². The first kappa shape index (κ1) is 22.7. The maximum absolute atomic E-state index is 13.1. The van der Waals surface area contributed by atoms with E-state index in [9.17, 15) is 22.8 Å². The second kappa shape index (κ2) is 9.19. The van der Waals surface area contributed by atoms with Gasteiger partial charge < -0.3 is 5.32 Å². The molecule has 0 spiro atoms. The van der Waals surface area contributed by atoms with Crippen LogP contribution in [0.1, 0.15) is 16.8 Å². The van der Waals surface area contributed by atoms with Crippen molar-refractivity contribution in [2.24, 2.45) is 0 Å². The van der Waals surface area contributed by atoms with Gasteiger partial charge in [-0.25, -0.2) is 9.78 Å². The van der Waals surface area contributed by atoms with Crippen LogP contribution in [0.15, 0.2) is 57.8 Å². The van der Waals surface area contributed by atoms with E-state index in [1.54, 1.807) is 12.3 Å². The number of aryl methyl sites for hydroxylation is 1. The van der Waals surface area contributed by atoms with E-state index in [-0.39, 0.29) is 16.4 Å². The number of thioether (sulfide) groups is 1. The van der Waals surface area contributed by atoms with E-state index >= 15 is 0 Å². The fourth-order valence-electron chi connectivity index (χ4n) is 2.87. The largest absolute Gasteiger partial charge is 0.418 e. The monoisotopic (exact) mass is 492 g/mol. The molecule has 2 N–H and O–H groups in total. The molecule has 0 radical (unpaired) electrons. The SMILES string of the molecule is Cc1ccn2c(=O)cc(CSc3nnc(NC(=O)Nc4ccccc4C(F)(F)F)s3)nc2c1. The number of para-hydroxylation sites is 1. The minimum absolute atomic E-state index is 0.113. The van der Waals surface area contributed by atoms with Gasteiger partial charge in [0.25, 0.3) is 5.56 Å². The third kappa shape index (κ3) is 5.49. The molecular formula is C20H15F3N6O2S2. The average Bonchev–Trinajstić information content (AvgIpc) is 3.18.